The SMILES string of the molecule is Cc1nc(CSc2ccc(C(=O)NCCCN)cc2)cs1. The van der Waals surface area contributed by atoms with Crippen molar-refractivity contribution >= 4 is 29.0 Å². The number of carbonyl (C=O) groups excluding carboxylic acids is 1. The number of rotatable bonds is 7. The first kappa shape index (κ1) is 16.0. The number of nitrogens with two attached hydrogens (primary N) is 1. The van der Waals surface area contributed by atoms with Gasteiger partial charge in [0.2, 0.25) is 0 Å². The molecule has 0 bridgehead atoms. The Kier molecular flexibility index (Phi) is 6.22. The number of amides is 1. The molecule has 2 aromatic rings. The molecule has 21 heavy (non-hydrogen) atoms. The topological polar surface area (TPSA) is 68.0 Å². The minimum atomic E-state index is -0.0462. The predicted molar refractivity (Wildman–Crippen MR) is 88.9 cm³/mol. The van der Waals surface area contributed by atoms with Gasteiger partial charge in [0.15, 0.2) is 0 Å². The average molecular weight is 321 g/mol. The second-order valence-corrected chi connectivity index (χ2v) is 6.68. The quantitative estimate of drug-likeness (QED) is 0.608. The van der Waals surface area contributed by atoms with Crippen molar-refractivity contribution in [2.45, 2.75) is 24.0 Å². The number of nitrogens with zero attached hydrogens (tertiary/aromatic N) is 1. The Morgan fingerprint density at radius 1 is 1.38 bits per heavy atom. The van der Waals surface area contributed by atoms with E-state index in [-0.39, 0.29) is 5.91 Å². The highest BCUT2D eigenvalue weighted by Gasteiger charge is 2.05. The van der Waals surface area contributed by atoms with E-state index in [9.17, 15) is 4.79 Å². The summed E-state index contributed by atoms with van der Waals surface area (Å²) in [6, 6.07) is 7.66. The Morgan fingerprint density at radius 2 is 2.14 bits per heavy atom. The van der Waals surface area contributed by atoms with Crippen molar-refractivity contribution < 1.29 is 4.79 Å². The number of hydrogen-bond acceptors (Lipinski definition) is 5. The van der Waals surface area contributed by atoms with Gasteiger partial charge in [0.25, 0.3) is 5.91 Å². The third-order valence-corrected chi connectivity index (χ3v) is 4.70. The van der Waals surface area contributed by atoms with Crippen molar-refractivity contribution in [3.8, 4) is 0 Å². The second-order valence-electron chi connectivity index (χ2n) is 4.57. The second kappa shape index (κ2) is 8.17. The molecule has 1 aromatic carbocycles. The van der Waals surface area contributed by atoms with E-state index in [2.05, 4.69) is 15.7 Å². The van der Waals surface area contributed by atoms with Crippen LogP contribution in [0.1, 0.15) is 27.5 Å². The van der Waals surface area contributed by atoms with E-state index in [4.69, 9.17) is 5.73 Å². The molecule has 4 nitrogen and oxygen atoms in total. The Balaban J connectivity index is 1.85. The highest BCUT2D eigenvalue weighted by molar-refractivity contribution is 7.98. The van der Waals surface area contributed by atoms with E-state index in [1.807, 2.05) is 31.2 Å². The number of aromatic nitrogens is 1. The summed E-state index contributed by atoms with van der Waals surface area (Å²) in [6.07, 6.45) is 0.798. The number of thioether (sulfide) groups is 1. The summed E-state index contributed by atoms with van der Waals surface area (Å²) < 4.78 is 0. The number of nitrogens with one attached hydrogen (secondary N) is 1. The van der Waals surface area contributed by atoms with Crippen LogP contribution in [0.25, 0.3) is 0 Å². The third-order valence-electron chi connectivity index (χ3n) is 2.84. The van der Waals surface area contributed by atoms with Crippen molar-refractivity contribution in [1.82, 2.24) is 10.3 Å². The van der Waals surface area contributed by atoms with Gasteiger partial charge in [-0.05, 0) is 44.2 Å². The number of hydrogen-bond donors (Lipinski definition) is 2. The fourth-order valence-corrected chi connectivity index (χ4v) is 3.25. The van der Waals surface area contributed by atoms with Crippen LogP contribution in [0.3, 0.4) is 0 Å². The summed E-state index contributed by atoms with van der Waals surface area (Å²) in [7, 11) is 0. The fraction of sp³-hybridized carbons (Fsp3) is 0.333. The fourth-order valence-electron chi connectivity index (χ4n) is 1.74. The van der Waals surface area contributed by atoms with Gasteiger partial charge < -0.3 is 11.1 Å². The molecule has 0 radical (unpaired) electrons. The van der Waals surface area contributed by atoms with Gasteiger partial charge in [-0.15, -0.1) is 23.1 Å². The molecule has 0 unspecified atom stereocenters. The summed E-state index contributed by atoms with van der Waals surface area (Å²) in [5.74, 6) is 0.807. The zero-order valence-corrected chi connectivity index (χ0v) is 13.6. The first-order chi connectivity index (χ1) is 10.2. The van der Waals surface area contributed by atoms with Gasteiger partial charge >= 0.3 is 0 Å². The standard InChI is InChI=1S/C15H19N3OS2/c1-11-18-13(9-20-11)10-21-14-5-3-12(4-6-14)15(19)17-8-2-7-16/h3-6,9H,2,7-8,10,16H2,1H3,(H,17,19). The molecule has 0 aliphatic heterocycles. The van der Waals surface area contributed by atoms with Crippen molar-refractivity contribution in [2.75, 3.05) is 13.1 Å². The van der Waals surface area contributed by atoms with Crippen LogP contribution >= 0.6 is 23.1 Å². The molecule has 112 valence electrons. The monoisotopic (exact) mass is 321 g/mol. The van der Waals surface area contributed by atoms with Crippen LogP contribution < -0.4 is 11.1 Å². The Hall–Kier alpha value is -1.37. The minimum absolute atomic E-state index is 0.0462. The Labute approximate surface area is 133 Å². The molecule has 0 fully saturated rings. The van der Waals surface area contributed by atoms with Crippen LogP contribution in [0.5, 0.6) is 0 Å². The number of benzene rings is 1. The lowest BCUT2D eigenvalue weighted by molar-refractivity contribution is 0.0953. The lowest BCUT2D eigenvalue weighted by atomic mass is 10.2. The molecule has 0 spiro atoms. The van der Waals surface area contributed by atoms with E-state index in [1.54, 1.807) is 23.1 Å². The molecule has 1 aromatic heterocycles. The van der Waals surface area contributed by atoms with Crippen molar-refractivity contribution in [3.05, 3.63) is 45.9 Å². The van der Waals surface area contributed by atoms with Gasteiger partial charge in [-0.1, -0.05) is 0 Å². The molecule has 1 amide bonds. The number of aryl methyl sites for hydroxylation is 1. The van der Waals surface area contributed by atoms with Crippen LogP contribution in [-0.2, 0) is 5.75 Å². The van der Waals surface area contributed by atoms with Crippen LogP contribution in [0.15, 0.2) is 34.5 Å². The van der Waals surface area contributed by atoms with Gasteiger partial charge in [-0.2, -0.15) is 0 Å². The summed E-state index contributed by atoms with van der Waals surface area (Å²) in [6.45, 7) is 3.22. The molecule has 0 aliphatic carbocycles. The minimum Gasteiger partial charge on any atom is -0.352 e. The lowest BCUT2D eigenvalue weighted by Crippen LogP contribution is -2.25. The normalized spacial score (nSPS) is 10.6. The Morgan fingerprint density at radius 3 is 2.76 bits per heavy atom. The first-order valence-corrected chi connectivity index (χ1v) is 8.67. The van der Waals surface area contributed by atoms with Crippen molar-refractivity contribution in [2.24, 2.45) is 5.73 Å². The van der Waals surface area contributed by atoms with E-state index < -0.39 is 0 Å². The maximum atomic E-state index is 11.8. The van der Waals surface area contributed by atoms with E-state index in [0.717, 1.165) is 27.8 Å². The number of thiazole rings is 1. The van der Waals surface area contributed by atoms with Gasteiger partial charge in [-0.25, -0.2) is 4.98 Å². The molecule has 6 heteroatoms. The van der Waals surface area contributed by atoms with E-state index in [0.29, 0.717) is 18.7 Å². The third kappa shape index (κ3) is 5.15. The molecule has 3 N–H and O–H groups in total. The molecule has 2 rings (SSSR count). The van der Waals surface area contributed by atoms with Crippen molar-refractivity contribution in [1.29, 1.82) is 0 Å². The first-order valence-electron chi connectivity index (χ1n) is 6.81. The van der Waals surface area contributed by atoms with E-state index >= 15 is 0 Å². The molecule has 0 saturated carbocycles. The van der Waals surface area contributed by atoms with Gasteiger partial charge in [0, 0.05) is 28.1 Å². The summed E-state index contributed by atoms with van der Waals surface area (Å²) >= 11 is 3.39. The summed E-state index contributed by atoms with van der Waals surface area (Å²) in [5, 5.41) is 6.02. The predicted octanol–water partition coefficient (Wildman–Crippen LogP) is 2.82. The highest BCUT2D eigenvalue weighted by Crippen LogP contribution is 2.23. The summed E-state index contributed by atoms with van der Waals surface area (Å²) in [5.41, 5.74) is 7.18. The van der Waals surface area contributed by atoms with Crippen LogP contribution in [0, 0.1) is 6.92 Å². The van der Waals surface area contributed by atoms with Gasteiger partial charge in [0.05, 0.1) is 10.7 Å². The number of carbonyl (C=O) groups is 1. The molecule has 0 saturated heterocycles. The zero-order chi connectivity index (χ0) is 15.1. The van der Waals surface area contributed by atoms with Gasteiger partial charge in [-0.3, -0.25) is 4.79 Å². The Bertz CT molecular complexity index is 581. The highest BCUT2D eigenvalue weighted by atomic mass is 32.2. The average Bonchev–Trinajstić information content (AvgIpc) is 2.91. The molecule has 0 atom stereocenters. The molecule has 0 aliphatic rings. The van der Waals surface area contributed by atoms with Gasteiger partial charge in [0.1, 0.15) is 0 Å². The zero-order valence-electron chi connectivity index (χ0n) is 12.0. The molecule has 1 heterocycles. The van der Waals surface area contributed by atoms with Crippen molar-refractivity contribution in [3.63, 3.8) is 0 Å². The summed E-state index contributed by atoms with van der Waals surface area (Å²) in [4.78, 5) is 17.4. The molecular weight excluding hydrogens is 302 g/mol. The van der Waals surface area contributed by atoms with Crippen LogP contribution in [0.4, 0.5) is 0 Å². The molecular formula is C15H19N3OS2. The smallest absolute Gasteiger partial charge is 0.251 e. The maximum Gasteiger partial charge on any atom is 0.251 e. The van der Waals surface area contributed by atoms with Crippen LogP contribution in [0.2, 0.25) is 0 Å². The largest absolute Gasteiger partial charge is 0.352 e. The maximum absolute atomic E-state index is 11.8. The lowest BCUT2D eigenvalue weighted by Gasteiger charge is -2.05. The van der Waals surface area contributed by atoms with Crippen LogP contribution in [-0.4, -0.2) is 24.0 Å². The van der Waals surface area contributed by atoms with E-state index in [1.165, 1.54) is 0 Å².